The number of nitro groups is 1. The number of methoxy groups -OCH3 is 1. The maximum atomic E-state index is 14.8. The molecule has 4 aromatic rings. The van der Waals surface area contributed by atoms with Crippen molar-refractivity contribution in [2.24, 2.45) is 0 Å². The maximum Gasteiger partial charge on any atom is 0.273 e. The number of carbonyl (C=O) groups excluding carboxylic acids is 2. The first-order valence-corrected chi connectivity index (χ1v) is 18.5. The van der Waals surface area contributed by atoms with Crippen molar-refractivity contribution in [3.63, 3.8) is 0 Å². The molecular formula is C39H44N4O7S. The molecule has 0 aliphatic heterocycles. The minimum absolute atomic E-state index is 0.0200. The second-order valence-corrected chi connectivity index (χ2v) is 14.8. The summed E-state index contributed by atoms with van der Waals surface area (Å²) >= 11 is 0. The molecule has 1 fully saturated rings. The Morgan fingerprint density at radius 1 is 0.902 bits per heavy atom. The highest BCUT2D eigenvalue weighted by molar-refractivity contribution is 7.92. The van der Waals surface area contributed by atoms with Gasteiger partial charge in [0.1, 0.15) is 18.3 Å². The molecule has 0 heterocycles. The fourth-order valence-electron chi connectivity index (χ4n) is 6.42. The fourth-order valence-corrected chi connectivity index (χ4v) is 7.85. The van der Waals surface area contributed by atoms with E-state index in [2.05, 4.69) is 5.32 Å². The van der Waals surface area contributed by atoms with Crippen LogP contribution in [0.4, 0.5) is 11.4 Å². The number of benzene rings is 4. The summed E-state index contributed by atoms with van der Waals surface area (Å²) in [7, 11) is -3.06. The number of carbonyl (C=O) groups is 2. The molecule has 1 N–H and O–H groups in total. The highest BCUT2D eigenvalue weighted by Gasteiger charge is 2.36. The van der Waals surface area contributed by atoms with Gasteiger partial charge in [0.05, 0.1) is 22.6 Å². The summed E-state index contributed by atoms with van der Waals surface area (Å²) in [6.45, 7) is 2.82. The van der Waals surface area contributed by atoms with Crippen LogP contribution in [0.2, 0.25) is 0 Å². The molecule has 5 rings (SSSR count). The summed E-state index contributed by atoms with van der Waals surface area (Å²) in [5.41, 5.74) is 2.64. The van der Waals surface area contributed by atoms with Crippen LogP contribution in [-0.4, -0.2) is 55.8 Å². The van der Waals surface area contributed by atoms with Crippen molar-refractivity contribution < 1.29 is 27.7 Å². The van der Waals surface area contributed by atoms with Gasteiger partial charge in [0, 0.05) is 30.6 Å². The molecule has 1 aliphatic rings. The van der Waals surface area contributed by atoms with Gasteiger partial charge in [0.15, 0.2) is 0 Å². The molecule has 1 atom stereocenters. The molecule has 1 saturated carbocycles. The molecule has 11 nitrogen and oxygen atoms in total. The zero-order valence-electron chi connectivity index (χ0n) is 29.2. The highest BCUT2D eigenvalue weighted by atomic mass is 32.2. The maximum absolute atomic E-state index is 14.8. The van der Waals surface area contributed by atoms with E-state index in [1.807, 2.05) is 61.5 Å². The molecule has 0 bridgehead atoms. The molecule has 0 saturated heterocycles. The third-order valence-corrected chi connectivity index (χ3v) is 11.2. The van der Waals surface area contributed by atoms with E-state index in [1.54, 1.807) is 12.1 Å². The van der Waals surface area contributed by atoms with Crippen molar-refractivity contribution >= 4 is 33.2 Å². The summed E-state index contributed by atoms with van der Waals surface area (Å²) in [6.07, 6.45) is 5.02. The van der Waals surface area contributed by atoms with Gasteiger partial charge in [-0.25, -0.2) is 8.42 Å². The van der Waals surface area contributed by atoms with Gasteiger partial charge in [-0.3, -0.25) is 24.0 Å². The van der Waals surface area contributed by atoms with Crippen molar-refractivity contribution in [1.29, 1.82) is 0 Å². The van der Waals surface area contributed by atoms with Crippen LogP contribution >= 0.6 is 0 Å². The molecule has 1 aliphatic carbocycles. The van der Waals surface area contributed by atoms with Crippen molar-refractivity contribution in [3.8, 4) is 5.75 Å². The normalized spacial score (nSPS) is 13.9. The Balaban J connectivity index is 1.60. The van der Waals surface area contributed by atoms with Crippen molar-refractivity contribution in [2.45, 2.75) is 75.9 Å². The summed E-state index contributed by atoms with van der Waals surface area (Å²) in [5.74, 6) is -0.448. The fraction of sp³-hybridized carbons (Fsp3) is 0.333. The van der Waals surface area contributed by atoms with E-state index in [9.17, 15) is 28.1 Å². The number of nitro benzene ring substituents is 1. The first kappa shape index (κ1) is 37.0. The quantitative estimate of drug-likeness (QED) is 0.116. The van der Waals surface area contributed by atoms with Gasteiger partial charge in [-0.2, -0.15) is 0 Å². The predicted molar refractivity (Wildman–Crippen MR) is 196 cm³/mol. The third kappa shape index (κ3) is 9.12. The van der Waals surface area contributed by atoms with Gasteiger partial charge in [0.2, 0.25) is 11.8 Å². The average molecular weight is 713 g/mol. The summed E-state index contributed by atoms with van der Waals surface area (Å²) in [6, 6.07) is 25.8. The molecule has 268 valence electrons. The number of nitrogens with one attached hydrogen (secondary N) is 1. The lowest BCUT2D eigenvalue weighted by Crippen LogP contribution is -2.55. The molecule has 0 radical (unpaired) electrons. The van der Waals surface area contributed by atoms with E-state index in [4.69, 9.17) is 4.74 Å². The molecule has 12 heteroatoms. The minimum atomic E-state index is -4.54. The molecule has 2 amide bonds. The van der Waals surface area contributed by atoms with Crippen LogP contribution in [-0.2, 0) is 32.6 Å². The van der Waals surface area contributed by atoms with E-state index in [1.165, 1.54) is 43.2 Å². The van der Waals surface area contributed by atoms with Crippen LogP contribution in [0.3, 0.4) is 0 Å². The second-order valence-electron chi connectivity index (χ2n) is 12.9. The Kier molecular flexibility index (Phi) is 12.1. The lowest BCUT2D eigenvalue weighted by atomic mass is 9.94. The van der Waals surface area contributed by atoms with Gasteiger partial charge < -0.3 is 15.0 Å². The largest absolute Gasteiger partial charge is 0.497 e. The lowest BCUT2D eigenvalue weighted by molar-refractivity contribution is -0.385. The van der Waals surface area contributed by atoms with Crippen LogP contribution in [0, 0.1) is 24.0 Å². The molecule has 0 spiro atoms. The number of nitrogens with zero attached hydrogens (tertiary/aromatic N) is 3. The van der Waals surface area contributed by atoms with Crippen LogP contribution < -0.4 is 14.4 Å². The van der Waals surface area contributed by atoms with Crippen molar-refractivity contribution in [3.05, 3.63) is 129 Å². The number of sulfonamides is 1. The minimum Gasteiger partial charge on any atom is -0.497 e. The van der Waals surface area contributed by atoms with Crippen LogP contribution in [0.1, 0.15) is 54.4 Å². The van der Waals surface area contributed by atoms with Crippen molar-refractivity contribution in [1.82, 2.24) is 10.2 Å². The monoisotopic (exact) mass is 712 g/mol. The van der Waals surface area contributed by atoms with Gasteiger partial charge in [0.25, 0.3) is 15.7 Å². The Hall–Kier alpha value is -5.23. The molecule has 51 heavy (non-hydrogen) atoms. The number of ether oxygens (including phenoxy) is 1. The summed E-state index contributed by atoms with van der Waals surface area (Å²) in [5, 5.41) is 15.0. The molecule has 4 aromatic carbocycles. The number of amides is 2. The van der Waals surface area contributed by atoms with Crippen LogP contribution in [0.5, 0.6) is 5.75 Å². The first-order chi connectivity index (χ1) is 24.5. The molecule has 0 unspecified atom stereocenters. The van der Waals surface area contributed by atoms with E-state index < -0.39 is 33.4 Å². The SMILES string of the molecule is COc1ccc(N(CC(=O)N(Cc2ccccc2C)[C@@H](Cc2ccccc2)C(=O)NC2CCCCC2)S(=O)(=O)c2ccc(C)c([N+](=O)[O-])c2)cc1. The van der Waals surface area contributed by atoms with Gasteiger partial charge in [-0.05, 0) is 73.7 Å². The van der Waals surface area contributed by atoms with Crippen molar-refractivity contribution in [2.75, 3.05) is 18.0 Å². The van der Waals surface area contributed by atoms with Crippen LogP contribution in [0.15, 0.2) is 102 Å². The van der Waals surface area contributed by atoms with Gasteiger partial charge >= 0.3 is 0 Å². The highest BCUT2D eigenvalue weighted by Crippen LogP contribution is 2.30. The smallest absolute Gasteiger partial charge is 0.273 e. The van der Waals surface area contributed by atoms with Gasteiger partial charge in [-0.1, -0.05) is 79.9 Å². The molecular weight excluding hydrogens is 669 g/mol. The number of hydrogen-bond donors (Lipinski definition) is 1. The topological polar surface area (TPSA) is 139 Å². The number of aryl methyl sites for hydroxylation is 2. The van der Waals surface area contributed by atoms with E-state index in [-0.39, 0.29) is 41.2 Å². The number of anilines is 1. The number of hydrogen-bond acceptors (Lipinski definition) is 7. The Morgan fingerprint density at radius 3 is 2.22 bits per heavy atom. The molecule has 0 aromatic heterocycles. The average Bonchev–Trinajstić information content (AvgIpc) is 3.13. The zero-order valence-corrected chi connectivity index (χ0v) is 30.0. The third-order valence-electron chi connectivity index (χ3n) is 9.43. The zero-order chi connectivity index (χ0) is 36.5. The second kappa shape index (κ2) is 16.7. The Labute approximate surface area is 299 Å². The standard InChI is InChI=1S/C39H44N4O7S/c1-28-12-10-11-15-31(28)26-41(37(24-30-13-6-4-7-14-30)39(45)40-32-16-8-5-9-17-32)38(44)27-42(33-19-21-34(50-3)22-20-33)51(48,49)35-23-18-29(2)36(25-35)43(46)47/h4,6-7,10-15,18-23,25,32,37H,5,8-9,16-17,24,26-27H2,1-3H3,(H,40,45)/t37-/m0/s1. The van der Waals surface area contributed by atoms with E-state index >= 15 is 0 Å². The Bertz CT molecular complexity index is 1950. The summed E-state index contributed by atoms with van der Waals surface area (Å²) in [4.78, 5) is 41.4. The van der Waals surface area contributed by atoms with Gasteiger partial charge in [-0.15, -0.1) is 0 Å². The summed E-state index contributed by atoms with van der Waals surface area (Å²) < 4.78 is 35.1. The first-order valence-electron chi connectivity index (χ1n) is 17.1. The lowest BCUT2D eigenvalue weighted by Gasteiger charge is -2.35. The number of rotatable bonds is 14. The van der Waals surface area contributed by atoms with E-state index in [0.717, 1.165) is 59.2 Å². The predicted octanol–water partition coefficient (Wildman–Crippen LogP) is 6.50. The van der Waals surface area contributed by atoms with E-state index in [0.29, 0.717) is 11.3 Å². The van der Waals surface area contributed by atoms with Crippen LogP contribution in [0.25, 0.3) is 0 Å². The Morgan fingerprint density at radius 2 is 1.57 bits per heavy atom.